The Morgan fingerprint density at radius 1 is 0.773 bits per heavy atom. The van der Waals surface area contributed by atoms with E-state index in [1.54, 1.807) is 0 Å². The van der Waals surface area contributed by atoms with E-state index in [0.717, 1.165) is 41.4 Å². The number of halogens is 2. The van der Waals surface area contributed by atoms with Gasteiger partial charge in [0.25, 0.3) is 0 Å². The summed E-state index contributed by atoms with van der Waals surface area (Å²) in [5, 5.41) is 0. The molecule has 0 aliphatic heterocycles. The molecule has 1 aliphatic carbocycles. The SMILES string of the molecule is O=C1c2cc(I)ccc2-c2ccc(Br)c(-c3ccccc3)c21. The highest BCUT2D eigenvalue weighted by atomic mass is 127. The Hall–Kier alpha value is -1.46. The zero-order chi connectivity index (χ0) is 15.3. The lowest BCUT2D eigenvalue weighted by Gasteiger charge is -2.10. The van der Waals surface area contributed by atoms with Gasteiger partial charge in [-0.05, 0) is 57.5 Å². The maximum Gasteiger partial charge on any atom is 0.194 e. The molecule has 106 valence electrons. The Morgan fingerprint density at radius 2 is 1.50 bits per heavy atom. The highest BCUT2D eigenvalue weighted by Crippen LogP contribution is 2.44. The summed E-state index contributed by atoms with van der Waals surface area (Å²) in [5.74, 6) is 0.115. The van der Waals surface area contributed by atoms with E-state index in [-0.39, 0.29) is 5.78 Å². The summed E-state index contributed by atoms with van der Waals surface area (Å²) in [6, 6.07) is 20.2. The fourth-order valence-corrected chi connectivity index (χ4v) is 4.05. The van der Waals surface area contributed by atoms with Gasteiger partial charge >= 0.3 is 0 Å². The zero-order valence-corrected chi connectivity index (χ0v) is 15.2. The first-order valence-electron chi connectivity index (χ1n) is 6.89. The Kier molecular flexibility index (Phi) is 3.42. The van der Waals surface area contributed by atoms with Gasteiger partial charge in [-0.3, -0.25) is 4.79 Å². The van der Waals surface area contributed by atoms with E-state index in [1.165, 1.54) is 0 Å². The fourth-order valence-electron chi connectivity index (χ4n) is 3.00. The van der Waals surface area contributed by atoms with Crippen molar-refractivity contribution < 1.29 is 4.79 Å². The zero-order valence-electron chi connectivity index (χ0n) is 11.4. The van der Waals surface area contributed by atoms with Crippen molar-refractivity contribution >= 4 is 44.3 Å². The number of fused-ring (bicyclic) bond motifs is 3. The van der Waals surface area contributed by atoms with Gasteiger partial charge in [0, 0.05) is 24.7 Å². The number of carbonyl (C=O) groups excluding carboxylic acids is 1. The molecule has 3 aromatic rings. The molecule has 0 spiro atoms. The first kappa shape index (κ1) is 14.2. The monoisotopic (exact) mass is 460 g/mol. The van der Waals surface area contributed by atoms with Gasteiger partial charge < -0.3 is 0 Å². The van der Waals surface area contributed by atoms with Gasteiger partial charge in [-0.15, -0.1) is 0 Å². The highest BCUT2D eigenvalue weighted by Gasteiger charge is 2.30. The first-order chi connectivity index (χ1) is 10.7. The van der Waals surface area contributed by atoms with Crippen molar-refractivity contribution in [3.63, 3.8) is 0 Å². The Morgan fingerprint density at radius 3 is 2.27 bits per heavy atom. The van der Waals surface area contributed by atoms with Crippen LogP contribution in [0.15, 0.2) is 65.1 Å². The van der Waals surface area contributed by atoms with Gasteiger partial charge in [-0.2, -0.15) is 0 Å². The molecule has 0 fully saturated rings. The maximum absolute atomic E-state index is 13.0. The number of ketones is 1. The van der Waals surface area contributed by atoms with E-state index in [9.17, 15) is 4.79 Å². The predicted molar refractivity (Wildman–Crippen MR) is 101 cm³/mol. The Balaban J connectivity index is 2.05. The minimum Gasteiger partial charge on any atom is -0.289 e. The van der Waals surface area contributed by atoms with E-state index < -0.39 is 0 Å². The van der Waals surface area contributed by atoms with E-state index >= 15 is 0 Å². The Bertz CT molecular complexity index is 916. The summed E-state index contributed by atoms with van der Waals surface area (Å²) in [6.07, 6.45) is 0. The van der Waals surface area contributed by atoms with Gasteiger partial charge in [0.1, 0.15) is 0 Å². The molecule has 0 saturated carbocycles. The lowest BCUT2D eigenvalue weighted by atomic mass is 9.95. The molecular formula is C19H10BrIO. The van der Waals surface area contributed by atoms with E-state index in [0.29, 0.717) is 0 Å². The normalized spacial score (nSPS) is 12.2. The molecule has 22 heavy (non-hydrogen) atoms. The minimum atomic E-state index is 0.115. The van der Waals surface area contributed by atoms with Crippen LogP contribution in [0.4, 0.5) is 0 Å². The standard InChI is InChI=1S/C19H10BrIO/c20-16-9-8-14-13-7-6-12(21)10-15(13)19(22)18(14)17(16)11-4-2-1-3-5-11/h1-10H. The molecule has 3 aromatic carbocycles. The predicted octanol–water partition coefficient (Wildman–Crippen LogP) is 5.93. The topological polar surface area (TPSA) is 17.1 Å². The van der Waals surface area contributed by atoms with Crippen molar-refractivity contribution in [2.45, 2.75) is 0 Å². The third-order valence-electron chi connectivity index (χ3n) is 3.96. The van der Waals surface area contributed by atoms with Crippen LogP contribution in [-0.4, -0.2) is 5.78 Å². The first-order valence-corrected chi connectivity index (χ1v) is 8.76. The molecule has 0 unspecified atom stereocenters. The molecule has 0 atom stereocenters. The van der Waals surface area contributed by atoms with Crippen LogP contribution in [0.1, 0.15) is 15.9 Å². The molecule has 0 radical (unpaired) electrons. The van der Waals surface area contributed by atoms with Crippen LogP contribution < -0.4 is 0 Å². The smallest absolute Gasteiger partial charge is 0.194 e. The summed E-state index contributed by atoms with van der Waals surface area (Å²) >= 11 is 5.87. The van der Waals surface area contributed by atoms with Crippen molar-refractivity contribution in [3.05, 3.63) is 79.8 Å². The summed E-state index contributed by atoms with van der Waals surface area (Å²) < 4.78 is 2.03. The molecule has 0 N–H and O–H groups in total. The highest BCUT2D eigenvalue weighted by molar-refractivity contribution is 14.1. The van der Waals surface area contributed by atoms with Crippen LogP contribution in [0.3, 0.4) is 0 Å². The van der Waals surface area contributed by atoms with Gasteiger partial charge in [0.15, 0.2) is 5.78 Å². The summed E-state index contributed by atoms with van der Waals surface area (Å²) in [6.45, 7) is 0. The van der Waals surface area contributed by atoms with Gasteiger partial charge in [-0.25, -0.2) is 0 Å². The quantitative estimate of drug-likeness (QED) is 0.321. The van der Waals surface area contributed by atoms with Gasteiger partial charge in [0.2, 0.25) is 0 Å². The van der Waals surface area contributed by atoms with Gasteiger partial charge in [0.05, 0.1) is 0 Å². The molecule has 4 rings (SSSR count). The average Bonchev–Trinajstić information content (AvgIpc) is 2.81. The molecule has 3 heteroatoms. The van der Waals surface area contributed by atoms with Crippen LogP contribution in [0, 0.1) is 3.57 Å². The van der Waals surface area contributed by atoms with Crippen molar-refractivity contribution in [1.82, 2.24) is 0 Å². The van der Waals surface area contributed by atoms with Crippen LogP contribution in [0.2, 0.25) is 0 Å². The largest absolute Gasteiger partial charge is 0.289 e. The summed E-state index contributed by atoms with van der Waals surface area (Å²) in [5.41, 5.74) is 5.70. The number of carbonyl (C=O) groups is 1. The second kappa shape index (κ2) is 5.32. The third-order valence-corrected chi connectivity index (χ3v) is 5.29. The second-order valence-corrected chi connectivity index (χ2v) is 7.33. The molecule has 0 saturated heterocycles. The van der Waals surface area contributed by atoms with Crippen molar-refractivity contribution in [2.75, 3.05) is 0 Å². The number of hydrogen-bond acceptors (Lipinski definition) is 1. The van der Waals surface area contributed by atoms with E-state index in [4.69, 9.17) is 0 Å². The number of benzene rings is 3. The fraction of sp³-hybridized carbons (Fsp3) is 0. The van der Waals surface area contributed by atoms with Crippen LogP contribution in [0.5, 0.6) is 0 Å². The number of rotatable bonds is 1. The number of hydrogen-bond donors (Lipinski definition) is 0. The molecular weight excluding hydrogens is 451 g/mol. The molecule has 1 aliphatic rings. The molecule has 0 heterocycles. The second-order valence-electron chi connectivity index (χ2n) is 5.23. The third kappa shape index (κ3) is 2.07. The van der Waals surface area contributed by atoms with Crippen LogP contribution >= 0.6 is 38.5 Å². The van der Waals surface area contributed by atoms with Crippen molar-refractivity contribution in [2.24, 2.45) is 0 Å². The minimum absolute atomic E-state index is 0.115. The lowest BCUT2D eigenvalue weighted by molar-refractivity contribution is 0.104. The molecule has 0 amide bonds. The summed E-state index contributed by atoms with van der Waals surface area (Å²) in [4.78, 5) is 13.0. The maximum atomic E-state index is 13.0. The summed E-state index contributed by atoms with van der Waals surface area (Å²) in [7, 11) is 0. The lowest BCUT2D eigenvalue weighted by Crippen LogP contribution is -1.99. The van der Waals surface area contributed by atoms with Crippen molar-refractivity contribution in [1.29, 1.82) is 0 Å². The van der Waals surface area contributed by atoms with E-state index in [1.807, 2.05) is 60.7 Å². The average molecular weight is 461 g/mol. The van der Waals surface area contributed by atoms with Crippen molar-refractivity contribution in [3.8, 4) is 22.3 Å². The van der Waals surface area contributed by atoms with Crippen LogP contribution in [-0.2, 0) is 0 Å². The molecule has 1 nitrogen and oxygen atoms in total. The van der Waals surface area contributed by atoms with Crippen LogP contribution in [0.25, 0.3) is 22.3 Å². The molecule has 0 aromatic heterocycles. The Labute approximate surface area is 150 Å². The van der Waals surface area contributed by atoms with E-state index in [2.05, 4.69) is 38.5 Å². The molecule has 0 bridgehead atoms. The van der Waals surface area contributed by atoms with Gasteiger partial charge in [-0.1, -0.05) is 58.4 Å².